The van der Waals surface area contributed by atoms with Crippen LogP contribution >= 0.6 is 24.0 Å². The summed E-state index contributed by atoms with van der Waals surface area (Å²) in [6.07, 6.45) is 1.88. The highest BCUT2D eigenvalue weighted by molar-refractivity contribution is 14.0. The first kappa shape index (κ1) is 20.3. The number of nitrogens with two attached hydrogens (primary N) is 1. The molecule has 0 saturated carbocycles. The molecule has 0 aliphatic rings. The van der Waals surface area contributed by atoms with Crippen molar-refractivity contribution in [2.75, 3.05) is 13.1 Å². The summed E-state index contributed by atoms with van der Waals surface area (Å²) in [6.45, 7) is 4.19. The molecule has 4 nitrogen and oxygen atoms in total. The van der Waals surface area contributed by atoms with E-state index in [-0.39, 0.29) is 24.0 Å². The predicted octanol–water partition coefficient (Wildman–Crippen LogP) is 3.74. The van der Waals surface area contributed by atoms with Crippen LogP contribution in [-0.2, 0) is 13.0 Å². The third kappa shape index (κ3) is 7.68. The molecule has 0 atom stereocenters. The number of nitrogens with one attached hydrogen (secondary N) is 1. The summed E-state index contributed by atoms with van der Waals surface area (Å²) >= 11 is 0. The number of hydrogen-bond donors (Lipinski definition) is 2. The molecular weight excluding hydrogens is 413 g/mol. The van der Waals surface area contributed by atoms with Crippen LogP contribution in [0.25, 0.3) is 0 Å². The van der Waals surface area contributed by atoms with Crippen molar-refractivity contribution in [3.8, 4) is 5.75 Å². The number of guanidine groups is 1. The standard InChI is InChI=1S/C19H25N3O.HI/c1-2-12-21-19(20)22-13-11-16-9-6-10-18(14-16)23-15-17-7-4-3-5-8-17;/h3-10,14H,2,11-13,15H2,1H3,(H3,20,21,22);1H. The van der Waals surface area contributed by atoms with Gasteiger partial charge < -0.3 is 15.8 Å². The van der Waals surface area contributed by atoms with Gasteiger partial charge in [0.2, 0.25) is 0 Å². The van der Waals surface area contributed by atoms with Crippen LogP contribution in [0.1, 0.15) is 24.5 Å². The first-order valence-corrected chi connectivity index (χ1v) is 8.07. The van der Waals surface area contributed by atoms with E-state index in [2.05, 4.69) is 41.5 Å². The fourth-order valence-corrected chi connectivity index (χ4v) is 2.15. The number of ether oxygens (including phenoxy) is 1. The molecule has 0 aliphatic heterocycles. The molecule has 0 fully saturated rings. The van der Waals surface area contributed by atoms with Crippen LogP contribution in [0.3, 0.4) is 0 Å². The maximum atomic E-state index is 5.84. The monoisotopic (exact) mass is 439 g/mol. The van der Waals surface area contributed by atoms with E-state index in [0.717, 1.165) is 31.7 Å². The molecule has 5 heteroatoms. The molecule has 0 aromatic heterocycles. The summed E-state index contributed by atoms with van der Waals surface area (Å²) in [5.41, 5.74) is 8.16. The second kappa shape index (κ2) is 11.7. The van der Waals surface area contributed by atoms with Gasteiger partial charge in [0.25, 0.3) is 0 Å². The van der Waals surface area contributed by atoms with Gasteiger partial charge in [-0.25, -0.2) is 0 Å². The van der Waals surface area contributed by atoms with Gasteiger partial charge in [-0.2, -0.15) is 0 Å². The van der Waals surface area contributed by atoms with Crippen molar-refractivity contribution in [1.29, 1.82) is 0 Å². The molecule has 0 unspecified atom stereocenters. The number of benzene rings is 2. The van der Waals surface area contributed by atoms with E-state index >= 15 is 0 Å². The summed E-state index contributed by atoms with van der Waals surface area (Å²) in [5.74, 6) is 1.40. The summed E-state index contributed by atoms with van der Waals surface area (Å²) in [4.78, 5) is 4.21. The molecule has 0 aliphatic carbocycles. The third-order valence-electron chi connectivity index (χ3n) is 3.37. The van der Waals surface area contributed by atoms with Crippen molar-refractivity contribution >= 4 is 29.9 Å². The van der Waals surface area contributed by atoms with Gasteiger partial charge in [0.05, 0.1) is 0 Å². The minimum absolute atomic E-state index is 0. The van der Waals surface area contributed by atoms with Crippen molar-refractivity contribution in [2.24, 2.45) is 10.7 Å². The quantitative estimate of drug-likeness (QED) is 0.374. The zero-order valence-corrected chi connectivity index (χ0v) is 16.4. The molecule has 0 spiro atoms. The average Bonchev–Trinajstić information content (AvgIpc) is 2.59. The number of aliphatic imine (C=N–C) groups is 1. The largest absolute Gasteiger partial charge is 0.489 e. The van der Waals surface area contributed by atoms with E-state index in [0.29, 0.717) is 12.6 Å². The fourth-order valence-electron chi connectivity index (χ4n) is 2.15. The van der Waals surface area contributed by atoms with Crippen molar-refractivity contribution in [2.45, 2.75) is 26.4 Å². The van der Waals surface area contributed by atoms with Crippen molar-refractivity contribution in [1.82, 2.24) is 5.32 Å². The molecule has 2 rings (SSSR count). The van der Waals surface area contributed by atoms with E-state index in [4.69, 9.17) is 10.5 Å². The van der Waals surface area contributed by atoms with E-state index < -0.39 is 0 Å². The zero-order valence-electron chi connectivity index (χ0n) is 14.1. The minimum Gasteiger partial charge on any atom is -0.489 e. The lowest BCUT2D eigenvalue weighted by Crippen LogP contribution is -2.33. The Balaban J connectivity index is 0.00000288. The second-order valence-electron chi connectivity index (χ2n) is 5.37. The number of nitrogens with zero attached hydrogens (tertiary/aromatic N) is 1. The van der Waals surface area contributed by atoms with E-state index in [1.54, 1.807) is 0 Å². The van der Waals surface area contributed by atoms with Gasteiger partial charge in [-0.1, -0.05) is 49.4 Å². The topological polar surface area (TPSA) is 59.6 Å². The first-order chi connectivity index (χ1) is 11.3. The third-order valence-corrected chi connectivity index (χ3v) is 3.37. The highest BCUT2D eigenvalue weighted by Gasteiger charge is 1.99. The Morgan fingerprint density at radius 3 is 2.58 bits per heavy atom. The summed E-state index contributed by atoms with van der Waals surface area (Å²) in [6, 6.07) is 18.3. The normalized spacial score (nSPS) is 10.8. The molecule has 3 N–H and O–H groups in total. The molecule has 2 aromatic rings. The maximum Gasteiger partial charge on any atom is 0.188 e. The predicted molar refractivity (Wildman–Crippen MR) is 111 cm³/mol. The van der Waals surface area contributed by atoms with Gasteiger partial charge in [-0.05, 0) is 36.1 Å². The number of halogens is 1. The highest BCUT2D eigenvalue weighted by Crippen LogP contribution is 2.15. The van der Waals surface area contributed by atoms with Crippen LogP contribution in [0.2, 0.25) is 0 Å². The van der Waals surface area contributed by atoms with Gasteiger partial charge in [-0.15, -0.1) is 24.0 Å². The average molecular weight is 439 g/mol. The van der Waals surface area contributed by atoms with Gasteiger partial charge >= 0.3 is 0 Å². The fraction of sp³-hybridized carbons (Fsp3) is 0.316. The van der Waals surface area contributed by atoms with Crippen molar-refractivity contribution < 1.29 is 4.74 Å². The van der Waals surface area contributed by atoms with Crippen LogP contribution in [0.15, 0.2) is 59.6 Å². The van der Waals surface area contributed by atoms with Gasteiger partial charge in [0.1, 0.15) is 12.4 Å². The molecule has 0 saturated heterocycles. The molecule has 24 heavy (non-hydrogen) atoms. The van der Waals surface area contributed by atoms with E-state index in [1.807, 2.05) is 30.3 Å². The Morgan fingerprint density at radius 1 is 1.08 bits per heavy atom. The Kier molecular flexibility index (Phi) is 9.91. The first-order valence-electron chi connectivity index (χ1n) is 8.07. The van der Waals surface area contributed by atoms with E-state index in [9.17, 15) is 0 Å². The van der Waals surface area contributed by atoms with Crippen LogP contribution in [0, 0.1) is 0 Å². The van der Waals surface area contributed by atoms with Crippen LogP contribution < -0.4 is 15.8 Å². The van der Waals surface area contributed by atoms with Crippen molar-refractivity contribution in [3.63, 3.8) is 0 Å². The second-order valence-corrected chi connectivity index (χ2v) is 5.37. The molecule has 2 aromatic carbocycles. The van der Waals surface area contributed by atoms with Gasteiger partial charge in [-0.3, -0.25) is 4.99 Å². The molecule has 0 heterocycles. The molecule has 0 amide bonds. The lowest BCUT2D eigenvalue weighted by atomic mass is 10.1. The Bertz CT molecular complexity index is 617. The maximum absolute atomic E-state index is 5.84. The van der Waals surface area contributed by atoms with Crippen LogP contribution in [0.5, 0.6) is 5.75 Å². The summed E-state index contributed by atoms with van der Waals surface area (Å²) in [7, 11) is 0. The Morgan fingerprint density at radius 2 is 1.83 bits per heavy atom. The molecule has 0 bridgehead atoms. The van der Waals surface area contributed by atoms with Crippen LogP contribution in [-0.4, -0.2) is 19.0 Å². The number of hydrogen-bond acceptors (Lipinski definition) is 2. The minimum atomic E-state index is 0. The molecule has 130 valence electrons. The summed E-state index contributed by atoms with van der Waals surface area (Å²) < 4.78 is 5.84. The number of rotatable bonds is 8. The SMILES string of the molecule is CCCN=C(N)NCCc1cccc(OCc2ccccc2)c1.I. The molecular formula is C19H26IN3O. The Labute approximate surface area is 161 Å². The van der Waals surface area contributed by atoms with Gasteiger partial charge in [0, 0.05) is 13.1 Å². The van der Waals surface area contributed by atoms with Crippen molar-refractivity contribution in [3.05, 3.63) is 65.7 Å². The lowest BCUT2D eigenvalue weighted by Gasteiger charge is -2.09. The molecule has 0 radical (unpaired) electrons. The van der Waals surface area contributed by atoms with Crippen LogP contribution in [0.4, 0.5) is 0 Å². The lowest BCUT2D eigenvalue weighted by molar-refractivity contribution is 0.306. The Hall–Kier alpha value is -1.76. The van der Waals surface area contributed by atoms with E-state index in [1.165, 1.54) is 11.1 Å². The smallest absolute Gasteiger partial charge is 0.188 e. The van der Waals surface area contributed by atoms with Gasteiger partial charge in [0.15, 0.2) is 5.96 Å². The highest BCUT2D eigenvalue weighted by atomic mass is 127. The summed E-state index contributed by atoms with van der Waals surface area (Å²) in [5, 5.41) is 3.13. The zero-order chi connectivity index (χ0) is 16.3.